The predicted molar refractivity (Wildman–Crippen MR) is 114 cm³/mol. The summed E-state index contributed by atoms with van der Waals surface area (Å²) in [5.41, 5.74) is 3.42. The molecule has 6 rings (SSSR count). The average Bonchev–Trinajstić information content (AvgIpc) is 3.51. The maximum absolute atomic E-state index is 6.50. The molecule has 9 heteroatoms. The van der Waals surface area contributed by atoms with Crippen LogP contribution < -0.4 is 4.74 Å². The SMILES string of the molecule is Clc1cc2[nH]c(OC3CO[C@@H]4CCO[C@H]34)nc2nc1-c1cnc(-c2ccccc2)nc1. The monoisotopic (exact) mass is 435 g/mol. The third kappa shape index (κ3) is 3.42. The van der Waals surface area contributed by atoms with E-state index in [1.807, 2.05) is 30.3 Å². The zero-order valence-electron chi connectivity index (χ0n) is 16.4. The van der Waals surface area contributed by atoms with E-state index in [0.717, 1.165) is 12.0 Å². The molecule has 5 heterocycles. The van der Waals surface area contributed by atoms with E-state index in [1.165, 1.54) is 0 Å². The molecule has 1 N–H and O–H groups in total. The van der Waals surface area contributed by atoms with Crippen molar-refractivity contribution < 1.29 is 14.2 Å². The smallest absolute Gasteiger partial charge is 0.296 e. The van der Waals surface area contributed by atoms with Crippen molar-refractivity contribution in [1.82, 2.24) is 24.9 Å². The molecule has 1 unspecified atom stereocenters. The number of rotatable bonds is 4. The molecule has 0 spiro atoms. The molecule has 2 aliphatic rings. The standard InChI is InChI=1S/C22H18ClN5O3/c23-14-8-15-21(28-22(26-15)31-17-11-30-16-6-7-29-19(16)17)27-18(14)13-9-24-20(25-10-13)12-4-2-1-3-5-12/h1-5,8-10,16-17,19H,6-7,11H2,(H,26,27,28)/t16-,17?,19+/m1/s1. The first-order chi connectivity index (χ1) is 15.2. The summed E-state index contributed by atoms with van der Waals surface area (Å²) in [6, 6.07) is 11.9. The number of hydrogen-bond donors (Lipinski definition) is 1. The molecule has 3 aromatic heterocycles. The number of aromatic amines is 1. The lowest BCUT2D eigenvalue weighted by atomic mass is 10.1. The van der Waals surface area contributed by atoms with Crippen molar-refractivity contribution in [2.75, 3.05) is 13.2 Å². The fourth-order valence-electron chi connectivity index (χ4n) is 4.02. The number of halogens is 1. The average molecular weight is 436 g/mol. The molecule has 0 saturated carbocycles. The highest BCUT2D eigenvalue weighted by atomic mass is 35.5. The van der Waals surface area contributed by atoms with Gasteiger partial charge in [0.1, 0.15) is 6.10 Å². The Morgan fingerprint density at radius 3 is 2.71 bits per heavy atom. The number of fused-ring (bicyclic) bond motifs is 2. The number of hydrogen-bond acceptors (Lipinski definition) is 7. The summed E-state index contributed by atoms with van der Waals surface area (Å²) in [6.07, 6.45) is 4.19. The number of H-pyrrole nitrogens is 1. The van der Waals surface area contributed by atoms with Crippen molar-refractivity contribution in [2.24, 2.45) is 0 Å². The van der Waals surface area contributed by atoms with Crippen molar-refractivity contribution in [2.45, 2.75) is 24.7 Å². The van der Waals surface area contributed by atoms with Gasteiger partial charge >= 0.3 is 0 Å². The molecule has 4 aromatic rings. The van der Waals surface area contributed by atoms with Crippen molar-refractivity contribution in [3.05, 3.63) is 53.8 Å². The van der Waals surface area contributed by atoms with Crippen LogP contribution in [0, 0.1) is 0 Å². The van der Waals surface area contributed by atoms with Gasteiger partial charge in [-0.1, -0.05) is 41.9 Å². The van der Waals surface area contributed by atoms with Gasteiger partial charge in [0.25, 0.3) is 6.01 Å². The highest BCUT2D eigenvalue weighted by molar-refractivity contribution is 6.33. The minimum absolute atomic E-state index is 0.0550. The third-order valence-electron chi connectivity index (χ3n) is 5.55. The number of ether oxygens (including phenoxy) is 3. The van der Waals surface area contributed by atoms with E-state index in [0.29, 0.717) is 52.5 Å². The molecule has 156 valence electrons. The number of pyridine rings is 1. The Labute approximate surface area is 182 Å². The Morgan fingerprint density at radius 1 is 1.03 bits per heavy atom. The van der Waals surface area contributed by atoms with Gasteiger partial charge in [-0.3, -0.25) is 0 Å². The summed E-state index contributed by atoms with van der Waals surface area (Å²) in [7, 11) is 0. The van der Waals surface area contributed by atoms with Crippen molar-refractivity contribution >= 4 is 22.8 Å². The molecule has 8 nitrogen and oxygen atoms in total. The van der Waals surface area contributed by atoms with E-state index in [2.05, 4.69) is 24.9 Å². The van der Waals surface area contributed by atoms with E-state index in [1.54, 1.807) is 18.5 Å². The Hall–Kier alpha value is -3.07. The Kier molecular flexibility index (Phi) is 4.56. The molecule has 2 saturated heterocycles. The largest absolute Gasteiger partial charge is 0.456 e. The summed E-state index contributed by atoms with van der Waals surface area (Å²) in [5.74, 6) is 0.642. The lowest BCUT2D eigenvalue weighted by molar-refractivity contribution is 0.0273. The second-order valence-corrected chi connectivity index (χ2v) is 7.95. The van der Waals surface area contributed by atoms with Gasteiger partial charge in [-0.15, -0.1) is 0 Å². The highest BCUT2D eigenvalue weighted by Gasteiger charge is 2.43. The number of nitrogens with zero attached hydrogens (tertiary/aromatic N) is 4. The van der Waals surface area contributed by atoms with Gasteiger partial charge in [-0.25, -0.2) is 15.0 Å². The molecule has 0 aliphatic carbocycles. The second kappa shape index (κ2) is 7.56. The van der Waals surface area contributed by atoms with Crippen LogP contribution >= 0.6 is 11.6 Å². The number of benzene rings is 1. The maximum Gasteiger partial charge on any atom is 0.296 e. The molecule has 2 fully saturated rings. The fourth-order valence-corrected chi connectivity index (χ4v) is 4.28. The first-order valence-corrected chi connectivity index (χ1v) is 10.5. The molecular formula is C22H18ClN5O3. The van der Waals surface area contributed by atoms with Crippen LogP contribution in [-0.2, 0) is 9.47 Å². The van der Waals surface area contributed by atoms with E-state index >= 15 is 0 Å². The van der Waals surface area contributed by atoms with Crippen molar-refractivity contribution in [1.29, 1.82) is 0 Å². The molecular weight excluding hydrogens is 418 g/mol. The highest BCUT2D eigenvalue weighted by Crippen LogP contribution is 2.32. The molecule has 0 bridgehead atoms. The van der Waals surface area contributed by atoms with Crippen molar-refractivity contribution in [3.8, 4) is 28.7 Å². The van der Waals surface area contributed by atoms with E-state index in [9.17, 15) is 0 Å². The Morgan fingerprint density at radius 2 is 1.87 bits per heavy atom. The number of imidazole rings is 1. The molecule has 3 atom stereocenters. The van der Waals surface area contributed by atoms with Crippen LogP contribution in [0.2, 0.25) is 5.02 Å². The van der Waals surface area contributed by atoms with Crippen molar-refractivity contribution in [3.63, 3.8) is 0 Å². The number of aromatic nitrogens is 5. The van der Waals surface area contributed by atoms with Gasteiger partial charge in [0.05, 0.1) is 28.9 Å². The summed E-state index contributed by atoms with van der Waals surface area (Å²) in [6.45, 7) is 1.18. The Balaban J connectivity index is 1.28. The second-order valence-electron chi connectivity index (χ2n) is 7.55. The molecule has 2 aliphatic heterocycles. The van der Waals surface area contributed by atoms with Gasteiger partial charge in [0.2, 0.25) is 0 Å². The minimum atomic E-state index is -0.193. The molecule has 1 aromatic carbocycles. The lowest BCUT2D eigenvalue weighted by Crippen LogP contribution is -2.32. The lowest BCUT2D eigenvalue weighted by Gasteiger charge is -2.15. The van der Waals surface area contributed by atoms with Crippen LogP contribution in [0.5, 0.6) is 6.01 Å². The zero-order chi connectivity index (χ0) is 20.8. The summed E-state index contributed by atoms with van der Waals surface area (Å²) < 4.78 is 17.5. The van der Waals surface area contributed by atoms with Gasteiger partial charge in [0, 0.05) is 30.1 Å². The maximum atomic E-state index is 6.50. The summed E-state index contributed by atoms with van der Waals surface area (Å²) >= 11 is 6.50. The van der Waals surface area contributed by atoms with Crippen LogP contribution in [0.15, 0.2) is 48.8 Å². The zero-order valence-corrected chi connectivity index (χ0v) is 17.1. The normalized spacial score (nSPS) is 22.7. The summed E-state index contributed by atoms with van der Waals surface area (Å²) in [4.78, 5) is 21.1. The fraction of sp³-hybridized carbons (Fsp3) is 0.273. The summed E-state index contributed by atoms with van der Waals surface area (Å²) in [5, 5.41) is 0.474. The van der Waals surface area contributed by atoms with Crippen LogP contribution in [0.4, 0.5) is 0 Å². The van der Waals surface area contributed by atoms with Crippen LogP contribution in [0.25, 0.3) is 33.8 Å². The molecule has 0 radical (unpaired) electrons. The van der Waals surface area contributed by atoms with Gasteiger partial charge in [-0.2, -0.15) is 4.98 Å². The van der Waals surface area contributed by atoms with Crippen LogP contribution in [-0.4, -0.2) is 56.4 Å². The van der Waals surface area contributed by atoms with Crippen LogP contribution in [0.1, 0.15) is 6.42 Å². The van der Waals surface area contributed by atoms with E-state index in [4.69, 9.17) is 25.8 Å². The van der Waals surface area contributed by atoms with Gasteiger partial charge < -0.3 is 19.2 Å². The quantitative estimate of drug-likeness (QED) is 0.522. The minimum Gasteiger partial charge on any atom is -0.456 e. The Bertz CT molecular complexity index is 1230. The third-order valence-corrected chi connectivity index (χ3v) is 5.83. The first kappa shape index (κ1) is 18.7. The van der Waals surface area contributed by atoms with Gasteiger partial charge in [0.15, 0.2) is 17.6 Å². The molecule has 31 heavy (non-hydrogen) atoms. The number of nitrogens with one attached hydrogen (secondary N) is 1. The topological polar surface area (TPSA) is 95.0 Å². The van der Waals surface area contributed by atoms with Gasteiger partial charge in [-0.05, 0) is 12.5 Å². The van der Waals surface area contributed by atoms with Crippen LogP contribution in [0.3, 0.4) is 0 Å². The van der Waals surface area contributed by atoms with E-state index in [-0.39, 0.29) is 18.3 Å². The first-order valence-electron chi connectivity index (χ1n) is 10.1. The molecule has 0 amide bonds. The van der Waals surface area contributed by atoms with E-state index < -0.39 is 0 Å². The predicted octanol–water partition coefficient (Wildman–Crippen LogP) is 3.67.